The number of halogens is 1. The smallest absolute Gasteiger partial charge is 0.338 e. The second-order valence-corrected chi connectivity index (χ2v) is 8.65. The number of aliphatic imine (C=N–C) groups is 1. The van der Waals surface area contributed by atoms with Gasteiger partial charge in [-0.3, -0.25) is 9.59 Å². The van der Waals surface area contributed by atoms with Crippen LogP contribution in [-0.4, -0.2) is 42.8 Å². The minimum atomic E-state index is -0.609. The topological polar surface area (TPSA) is 129 Å². The van der Waals surface area contributed by atoms with Crippen LogP contribution in [-0.2, 0) is 14.3 Å². The molecule has 0 radical (unpaired) electrons. The number of carbonyl (C=O) groups excluding carboxylic acids is 3. The molecular weight excluding hydrogens is 526 g/mol. The van der Waals surface area contributed by atoms with Crippen LogP contribution in [0.25, 0.3) is 6.08 Å². The number of benzene rings is 2. The summed E-state index contributed by atoms with van der Waals surface area (Å²) in [6, 6.07) is 10.0. The normalized spacial score (nSPS) is 15.3. The zero-order chi connectivity index (χ0) is 24.7. The summed E-state index contributed by atoms with van der Waals surface area (Å²) in [5.41, 5.74) is 6.84. The first-order chi connectivity index (χ1) is 16.3. The number of nitrogens with one attached hydrogen (secondary N) is 1. The van der Waals surface area contributed by atoms with Gasteiger partial charge in [-0.15, -0.1) is 0 Å². The summed E-state index contributed by atoms with van der Waals surface area (Å²) < 4.78 is 16.6. The van der Waals surface area contributed by atoms with E-state index < -0.39 is 11.9 Å². The highest BCUT2D eigenvalue weighted by atomic mass is 79.9. The van der Waals surface area contributed by atoms with Gasteiger partial charge in [-0.2, -0.15) is 0 Å². The van der Waals surface area contributed by atoms with Gasteiger partial charge in [0.2, 0.25) is 0 Å². The molecule has 1 saturated heterocycles. The fourth-order valence-electron chi connectivity index (χ4n) is 2.85. The molecule has 0 aromatic heterocycles. The third-order valence-electron chi connectivity index (χ3n) is 4.25. The van der Waals surface area contributed by atoms with E-state index >= 15 is 0 Å². The average Bonchev–Trinajstić information content (AvgIpc) is 3.12. The lowest BCUT2D eigenvalue weighted by Gasteiger charge is -2.13. The Morgan fingerprint density at radius 1 is 1.15 bits per heavy atom. The number of hydrogen-bond donors (Lipinski definition) is 2. The molecule has 0 unspecified atom stereocenters. The first kappa shape index (κ1) is 25.3. The number of hydrogen-bond acceptors (Lipinski definition) is 8. The highest BCUT2D eigenvalue weighted by molar-refractivity contribution is 9.10. The Morgan fingerprint density at radius 3 is 2.53 bits per heavy atom. The highest BCUT2D eigenvalue weighted by Crippen LogP contribution is 2.38. The van der Waals surface area contributed by atoms with E-state index in [9.17, 15) is 14.4 Å². The molecule has 1 fully saturated rings. The van der Waals surface area contributed by atoms with Gasteiger partial charge in [-0.05, 0) is 89.6 Å². The maximum Gasteiger partial charge on any atom is 0.338 e. The third-order valence-corrected chi connectivity index (χ3v) is 5.75. The van der Waals surface area contributed by atoms with Gasteiger partial charge in [0.25, 0.3) is 11.8 Å². The van der Waals surface area contributed by atoms with E-state index in [1.54, 1.807) is 49.4 Å². The first-order valence-electron chi connectivity index (χ1n) is 10.2. The molecule has 0 aliphatic carbocycles. The van der Waals surface area contributed by atoms with Crippen LogP contribution in [0.1, 0.15) is 29.8 Å². The Labute approximate surface area is 208 Å². The van der Waals surface area contributed by atoms with E-state index in [0.29, 0.717) is 56.1 Å². The van der Waals surface area contributed by atoms with Gasteiger partial charge in [0.1, 0.15) is 0 Å². The van der Waals surface area contributed by atoms with Crippen LogP contribution in [0.15, 0.2) is 50.8 Å². The van der Waals surface area contributed by atoms with Crippen LogP contribution in [0.3, 0.4) is 0 Å². The van der Waals surface area contributed by atoms with Gasteiger partial charge in [0, 0.05) is 0 Å². The molecule has 34 heavy (non-hydrogen) atoms. The molecule has 2 aromatic carbocycles. The standard InChI is InChI=1S/C23H22BrN3O6S/c1-3-31-17-10-13(9-16(24)20(17)33-12-19(25)28)11-18-21(29)27-23(34-18)26-15-7-5-14(6-8-15)22(30)32-4-2/h5-11H,3-4,12H2,1-2H3,(H2,25,28)(H,26,27,29)/b18-11+. The molecule has 1 aliphatic rings. The van der Waals surface area contributed by atoms with Crippen molar-refractivity contribution in [2.75, 3.05) is 19.8 Å². The van der Waals surface area contributed by atoms with Gasteiger partial charge < -0.3 is 25.3 Å². The number of ether oxygens (including phenoxy) is 3. The molecule has 1 heterocycles. The van der Waals surface area contributed by atoms with Crippen molar-refractivity contribution in [2.45, 2.75) is 13.8 Å². The molecule has 3 rings (SSSR count). The molecule has 9 nitrogen and oxygen atoms in total. The van der Waals surface area contributed by atoms with Crippen LogP contribution >= 0.6 is 27.7 Å². The fourth-order valence-corrected chi connectivity index (χ4v) is 4.27. The number of nitrogens with two attached hydrogens (primary N) is 1. The van der Waals surface area contributed by atoms with E-state index in [1.807, 2.05) is 6.92 Å². The van der Waals surface area contributed by atoms with E-state index in [2.05, 4.69) is 26.2 Å². The summed E-state index contributed by atoms with van der Waals surface area (Å²) in [5.74, 6) is -0.556. The van der Waals surface area contributed by atoms with Gasteiger partial charge in [0.05, 0.1) is 33.8 Å². The summed E-state index contributed by atoms with van der Waals surface area (Å²) >= 11 is 4.59. The molecule has 2 aromatic rings. The van der Waals surface area contributed by atoms with Crippen molar-refractivity contribution in [1.29, 1.82) is 0 Å². The number of rotatable bonds is 9. The number of thioether (sulfide) groups is 1. The van der Waals surface area contributed by atoms with Crippen molar-refractivity contribution in [3.8, 4) is 11.5 Å². The first-order valence-corrected chi connectivity index (χ1v) is 11.9. The molecule has 2 amide bonds. The predicted molar refractivity (Wildman–Crippen MR) is 133 cm³/mol. The van der Waals surface area contributed by atoms with Crippen molar-refractivity contribution in [3.05, 3.63) is 56.9 Å². The highest BCUT2D eigenvalue weighted by Gasteiger charge is 2.24. The van der Waals surface area contributed by atoms with Crippen LogP contribution in [0.5, 0.6) is 11.5 Å². The second-order valence-electron chi connectivity index (χ2n) is 6.77. The van der Waals surface area contributed by atoms with Crippen molar-refractivity contribution in [2.24, 2.45) is 10.7 Å². The minimum Gasteiger partial charge on any atom is -0.490 e. The molecule has 0 spiro atoms. The molecule has 11 heteroatoms. The summed E-state index contributed by atoms with van der Waals surface area (Å²) in [6.07, 6.45) is 1.69. The van der Waals surface area contributed by atoms with Gasteiger partial charge in [-0.1, -0.05) is 0 Å². The maximum absolute atomic E-state index is 12.5. The Morgan fingerprint density at radius 2 is 1.88 bits per heavy atom. The van der Waals surface area contributed by atoms with Gasteiger partial charge in [0.15, 0.2) is 23.3 Å². The van der Waals surface area contributed by atoms with E-state index in [1.165, 1.54) is 11.8 Å². The number of amidine groups is 1. The monoisotopic (exact) mass is 547 g/mol. The van der Waals surface area contributed by atoms with Crippen LogP contribution in [0.2, 0.25) is 0 Å². The number of primary amides is 1. The van der Waals surface area contributed by atoms with Crippen molar-refractivity contribution in [1.82, 2.24) is 5.32 Å². The largest absolute Gasteiger partial charge is 0.490 e. The van der Waals surface area contributed by atoms with E-state index in [-0.39, 0.29) is 12.5 Å². The molecule has 0 bridgehead atoms. The third kappa shape index (κ3) is 6.61. The molecule has 0 saturated carbocycles. The van der Waals surface area contributed by atoms with Crippen LogP contribution in [0.4, 0.5) is 5.69 Å². The van der Waals surface area contributed by atoms with Gasteiger partial charge in [-0.25, -0.2) is 9.79 Å². The Kier molecular flexibility index (Phi) is 8.72. The summed E-state index contributed by atoms with van der Waals surface area (Å²) in [5, 5.41) is 3.13. The van der Waals surface area contributed by atoms with Gasteiger partial charge >= 0.3 is 5.97 Å². The van der Waals surface area contributed by atoms with E-state index in [4.69, 9.17) is 19.9 Å². The lowest BCUT2D eigenvalue weighted by atomic mass is 10.2. The van der Waals surface area contributed by atoms with E-state index in [0.717, 1.165) is 0 Å². The average molecular weight is 548 g/mol. The number of carbonyl (C=O) groups is 3. The summed E-state index contributed by atoms with van der Waals surface area (Å²) in [4.78, 5) is 40.2. The van der Waals surface area contributed by atoms with Crippen molar-refractivity contribution in [3.63, 3.8) is 0 Å². The zero-order valence-electron chi connectivity index (χ0n) is 18.4. The molecular formula is C23H22BrN3O6S. The SMILES string of the molecule is CCOC(=O)c1ccc(N=C2NC(=O)/C(=C\c3cc(Br)c(OCC(N)=O)c(OCC)c3)S2)cc1. The number of nitrogens with zero attached hydrogens (tertiary/aromatic N) is 1. The maximum atomic E-state index is 12.5. The molecule has 0 atom stereocenters. The quantitative estimate of drug-likeness (QED) is 0.361. The fraction of sp³-hybridized carbons (Fsp3) is 0.217. The van der Waals surface area contributed by atoms with Crippen molar-refractivity contribution < 1.29 is 28.6 Å². The molecule has 3 N–H and O–H groups in total. The number of amides is 2. The Balaban J connectivity index is 1.80. The predicted octanol–water partition coefficient (Wildman–Crippen LogP) is 3.78. The number of esters is 1. The second kappa shape index (κ2) is 11.7. The summed E-state index contributed by atoms with van der Waals surface area (Å²) in [6.45, 7) is 3.94. The lowest BCUT2D eigenvalue weighted by molar-refractivity contribution is -0.120. The zero-order valence-corrected chi connectivity index (χ0v) is 20.8. The Bertz CT molecular complexity index is 1160. The lowest BCUT2D eigenvalue weighted by Crippen LogP contribution is -2.20. The summed E-state index contributed by atoms with van der Waals surface area (Å²) in [7, 11) is 0. The molecule has 178 valence electrons. The van der Waals surface area contributed by atoms with Crippen LogP contribution in [0, 0.1) is 0 Å². The molecule has 1 aliphatic heterocycles. The minimum absolute atomic E-state index is 0.294. The Hall–Kier alpha value is -3.31. The van der Waals surface area contributed by atoms with Crippen LogP contribution < -0.4 is 20.5 Å². The van der Waals surface area contributed by atoms with Crippen molar-refractivity contribution >= 4 is 62.4 Å².